The van der Waals surface area contributed by atoms with Crippen molar-refractivity contribution in [1.82, 2.24) is 4.90 Å². The second-order valence-electron chi connectivity index (χ2n) is 10.3. The van der Waals surface area contributed by atoms with Crippen LogP contribution in [0, 0.1) is 51.9 Å². The van der Waals surface area contributed by atoms with Crippen LogP contribution in [0.15, 0.2) is 136 Å². The lowest BCUT2D eigenvalue weighted by atomic mass is 9.94. The minimum atomic E-state index is -0.154. The number of allylic oxidation sites excluding steroid dienone is 14. The highest BCUT2D eigenvalue weighted by Gasteiger charge is 2.24. The zero-order chi connectivity index (χ0) is 33.4. The van der Waals surface area contributed by atoms with Crippen molar-refractivity contribution in [3.8, 4) is 24.3 Å². The second-order valence-corrected chi connectivity index (χ2v) is 10.3. The van der Waals surface area contributed by atoms with Gasteiger partial charge in [0, 0.05) is 29.9 Å². The van der Waals surface area contributed by atoms with Crippen molar-refractivity contribution < 1.29 is 4.74 Å². The fourth-order valence-corrected chi connectivity index (χ4v) is 5.44. The van der Waals surface area contributed by atoms with Crippen LogP contribution in [0.1, 0.15) is 24.0 Å². The minimum absolute atomic E-state index is 0.138. The smallest absolute Gasteiger partial charge is 0.270 e. The second kappa shape index (κ2) is 16.9. The standard InChI is InChI=1S/C39H28N7O/c1-45-36(28-44)38(30-12-6-3-7-13-30)34(25-41)17-9-15-32-19-18-31(39(32)46-20-22-47-23-21-46)14-8-16-33(24-40)37(35(26-42)27-43)29-10-4-2-5-11-29/h2-17H,18-23H2/q-1/b15-9+,16-8+,31-14+,34-17+,37-33-,38-36+. The molecule has 1 aliphatic heterocycles. The maximum atomic E-state index is 10.0. The number of rotatable bonds is 9. The molecular formula is C39H28N7O-. The van der Waals surface area contributed by atoms with Gasteiger partial charge in [-0.1, -0.05) is 85.0 Å². The van der Waals surface area contributed by atoms with Gasteiger partial charge in [0.2, 0.25) is 0 Å². The first kappa shape index (κ1) is 33.2. The molecule has 8 nitrogen and oxygen atoms in total. The predicted octanol–water partition coefficient (Wildman–Crippen LogP) is 7.38. The Morgan fingerprint density at radius 2 is 1.49 bits per heavy atom. The van der Waals surface area contributed by atoms with Crippen LogP contribution in [-0.2, 0) is 4.74 Å². The zero-order valence-corrected chi connectivity index (χ0v) is 25.5. The Kier molecular flexibility index (Phi) is 12.0. The van der Waals surface area contributed by atoms with Crippen molar-refractivity contribution in [2.45, 2.75) is 12.8 Å². The summed E-state index contributed by atoms with van der Waals surface area (Å²) in [6.45, 7) is 10.1. The largest absolute Gasteiger partial charge is 0.762 e. The Morgan fingerprint density at radius 1 is 0.830 bits per heavy atom. The predicted molar refractivity (Wildman–Crippen MR) is 181 cm³/mol. The fourth-order valence-electron chi connectivity index (χ4n) is 5.44. The van der Waals surface area contributed by atoms with Gasteiger partial charge < -0.3 is 15.0 Å². The molecule has 0 bridgehead atoms. The van der Waals surface area contributed by atoms with Crippen molar-refractivity contribution in [2.75, 3.05) is 26.3 Å². The number of nitriles is 4. The van der Waals surface area contributed by atoms with Crippen LogP contribution in [-0.4, -0.2) is 37.1 Å². The first-order valence-electron chi connectivity index (χ1n) is 14.8. The summed E-state index contributed by atoms with van der Waals surface area (Å²) in [7, 11) is 0. The van der Waals surface area contributed by atoms with Crippen molar-refractivity contribution in [3.05, 3.63) is 164 Å². The summed E-state index contributed by atoms with van der Waals surface area (Å²) in [5.74, 6) is 1.92. The third-order valence-corrected chi connectivity index (χ3v) is 7.55. The number of nitrogens with zero attached hydrogens (tertiary/aromatic N) is 7. The summed E-state index contributed by atoms with van der Waals surface area (Å²) in [4.78, 5) is 5.63. The van der Waals surface area contributed by atoms with Crippen LogP contribution in [0.25, 0.3) is 21.4 Å². The van der Waals surface area contributed by atoms with Crippen molar-refractivity contribution in [1.29, 1.82) is 21.0 Å². The molecule has 8 heteroatoms. The van der Waals surface area contributed by atoms with E-state index in [-0.39, 0.29) is 28.0 Å². The molecule has 226 valence electrons. The summed E-state index contributed by atoms with van der Waals surface area (Å²) in [5, 5.41) is 48.8. The molecule has 0 radical (unpaired) electrons. The topological polar surface area (TPSA) is 134 Å². The van der Waals surface area contributed by atoms with Crippen LogP contribution in [0.5, 0.6) is 0 Å². The molecular weight excluding hydrogens is 582 g/mol. The van der Waals surface area contributed by atoms with Gasteiger partial charge in [0.1, 0.15) is 6.07 Å². The lowest BCUT2D eigenvalue weighted by Crippen LogP contribution is -2.36. The van der Waals surface area contributed by atoms with Gasteiger partial charge in [-0.2, -0.15) is 15.8 Å². The lowest BCUT2D eigenvalue weighted by molar-refractivity contribution is 0.0547. The van der Waals surface area contributed by atoms with Crippen LogP contribution in [0.2, 0.25) is 0 Å². The molecule has 0 amide bonds. The van der Waals surface area contributed by atoms with Crippen LogP contribution < -0.4 is 0 Å². The highest BCUT2D eigenvalue weighted by Crippen LogP contribution is 2.36. The summed E-state index contributed by atoms with van der Waals surface area (Å²) < 4.78 is 5.59. The molecule has 1 heterocycles. The van der Waals surface area contributed by atoms with E-state index in [0.717, 1.165) is 29.7 Å². The Bertz CT molecular complexity index is 1980. The van der Waals surface area contributed by atoms with Gasteiger partial charge in [0.25, 0.3) is 5.70 Å². The molecule has 0 spiro atoms. The van der Waals surface area contributed by atoms with Gasteiger partial charge in [-0.3, -0.25) is 0 Å². The molecule has 0 atom stereocenters. The van der Waals surface area contributed by atoms with E-state index in [9.17, 15) is 26.5 Å². The van der Waals surface area contributed by atoms with E-state index in [1.165, 1.54) is 0 Å². The Hall–Kier alpha value is -6.72. The number of benzene rings is 2. The number of hydrogen-bond acceptors (Lipinski definition) is 6. The SMILES string of the molecule is [C-]#[N+]/C(C#N)=C(/C(C#N)=C/C=C/C1=C(N2CCOCC2)C(=C/C=C/C(C#N)=C(/C(=C=[N-])C#N)c2ccccc2)/CC1)c1ccccc1. The van der Waals surface area contributed by atoms with Gasteiger partial charge in [0.15, 0.2) is 0 Å². The fraction of sp³-hybridized carbons (Fsp3) is 0.154. The summed E-state index contributed by atoms with van der Waals surface area (Å²) in [5.41, 5.74) is 5.08. The van der Waals surface area contributed by atoms with Crippen molar-refractivity contribution in [2.24, 2.45) is 0 Å². The molecule has 2 aromatic rings. The van der Waals surface area contributed by atoms with Crippen LogP contribution >= 0.6 is 0 Å². The van der Waals surface area contributed by atoms with Crippen molar-refractivity contribution in [3.63, 3.8) is 0 Å². The molecule has 1 aliphatic carbocycles. The molecule has 2 aliphatic rings. The average molecular weight is 611 g/mol. The normalized spacial score (nSPS) is 16.8. The van der Waals surface area contributed by atoms with Gasteiger partial charge >= 0.3 is 0 Å². The molecule has 2 aromatic carbocycles. The maximum Gasteiger partial charge on any atom is 0.270 e. The van der Waals surface area contributed by atoms with Crippen LogP contribution in [0.4, 0.5) is 0 Å². The summed E-state index contributed by atoms with van der Waals surface area (Å²) >= 11 is 0. The van der Waals surface area contributed by atoms with Gasteiger partial charge in [-0.05, 0) is 47.3 Å². The monoisotopic (exact) mass is 610 g/mol. The summed E-state index contributed by atoms with van der Waals surface area (Å²) in [6.07, 6.45) is 12.2. The maximum absolute atomic E-state index is 10.0. The highest BCUT2D eigenvalue weighted by atomic mass is 16.5. The first-order valence-corrected chi connectivity index (χ1v) is 14.8. The van der Waals surface area contributed by atoms with E-state index in [1.807, 2.05) is 42.3 Å². The highest BCUT2D eigenvalue weighted by molar-refractivity contribution is 5.97. The van der Waals surface area contributed by atoms with Gasteiger partial charge in [-0.25, -0.2) is 16.0 Å². The third kappa shape index (κ3) is 8.06. The minimum Gasteiger partial charge on any atom is -0.762 e. The molecule has 0 unspecified atom stereocenters. The van der Waals surface area contributed by atoms with Crippen molar-refractivity contribution >= 4 is 17.0 Å². The molecule has 0 saturated carbocycles. The lowest BCUT2D eigenvalue weighted by Gasteiger charge is -2.31. The number of ether oxygens (including phenoxy) is 1. The molecule has 1 fully saturated rings. The number of hydrogen-bond donors (Lipinski definition) is 0. The average Bonchev–Trinajstić information content (AvgIpc) is 3.53. The molecule has 47 heavy (non-hydrogen) atoms. The van der Waals surface area contributed by atoms with Gasteiger partial charge in [0.05, 0.1) is 54.7 Å². The van der Waals surface area contributed by atoms with E-state index in [0.29, 0.717) is 43.0 Å². The first-order chi connectivity index (χ1) is 23.1. The van der Waals surface area contributed by atoms with E-state index >= 15 is 0 Å². The molecule has 1 saturated heterocycles. The molecule has 4 rings (SSSR count). The Balaban J connectivity index is 1.75. The summed E-state index contributed by atoms with van der Waals surface area (Å²) in [6, 6.07) is 26.0. The van der Waals surface area contributed by atoms with E-state index in [4.69, 9.17) is 11.3 Å². The van der Waals surface area contributed by atoms with Gasteiger partial charge in [-0.15, -0.1) is 0 Å². The Morgan fingerprint density at radius 3 is 2.04 bits per heavy atom. The number of morpholine rings is 1. The quantitative estimate of drug-likeness (QED) is 0.126. The van der Waals surface area contributed by atoms with Crippen LogP contribution in [0.3, 0.4) is 0 Å². The van der Waals surface area contributed by atoms with E-state index in [2.05, 4.69) is 21.9 Å². The zero-order valence-electron chi connectivity index (χ0n) is 25.5. The Labute approximate surface area is 275 Å². The van der Waals surface area contributed by atoms with E-state index < -0.39 is 0 Å². The van der Waals surface area contributed by atoms with E-state index in [1.54, 1.807) is 72.8 Å². The molecule has 0 N–H and O–H groups in total. The molecule has 0 aromatic heterocycles. The third-order valence-electron chi connectivity index (χ3n) is 7.55.